The Morgan fingerprint density at radius 2 is 2.22 bits per heavy atom. The molecule has 18 heavy (non-hydrogen) atoms. The highest BCUT2D eigenvalue weighted by Gasteiger charge is 2.13. The summed E-state index contributed by atoms with van der Waals surface area (Å²) in [5.74, 6) is -0.416. The number of rotatable bonds is 3. The lowest BCUT2D eigenvalue weighted by atomic mass is 10.1. The number of nitrogens with zero attached hydrogens (tertiary/aromatic N) is 2. The van der Waals surface area contributed by atoms with Crippen LogP contribution in [-0.2, 0) is 11.8 Å². The Labute approximate surface area is 110 Å². The molecule has 0 unspecified atom stereocenters. The number of carbonyl (C=O) groups excluding carboxylic acids is 1. The van der Waals surface area contributed by atoms with Gasteiger partial charge in [-0.25, -0.2) is 4.79 Å². The van der Waals surface area contributed by atoms with E-state index in [1.807, 2.05) is 25.4 Å². The summed E-state index contributed by atoms with van der Waals surface area (Å²) in [4.78, 5) is 11.7. The molecular formula is C13H13ClN2O2. The van der Waals surface area contributed by atoms with Crippen LogP contribution in [0.2, 0.25) is 5.02 Å². The van der Waals surface area contributed by atoms with Gasteiger partial charge in [0.1, 0.15) is 0 Å². The molecule has 4 nitrogen and oxygen atoms in total. The van der Waals surface area contributed by atoms with Crippen LogP contribution in [0.15, 0.2) is 30.5 Å². The first-order chi connectivity index (χ1) is 8.61. The SMILES string of the molecule is CCOC(=O)c1cc(-c2ccn(C)n2)ccc1Cl. The van der Waals surface area contributed by atoms with Crippen LogP contribution in [-0.4, -0.2) is 22.4 Å². The molecule has 0 saturated heterocycles. The van der Waals surface area contributed by atoms with Gasteiger partial charge in [0.15, 0.2) is 0 Å². The summed E-state index contributed by atoms with van der Waals surface area (Å²) < 4.78 is 6.66. The minimum atomic E-state index is -0.416. The van der Waals surface area contributed by atoms with Crippen LogP contribution in [0.1, 0.15) is 17.3 Å². The van der Waals surface area contributed by atoms with E-state index in [0.717, 1.165) is 11.3 Å². The van der Waals surface area contributed by atoms with Gasteiger partial charge in [0, 0.05) is 18.8 Å². The molecule has 1 aromatic carbocycles. The molecule has 0 aliphatic heterocycles. The lowest BCUT2D eigenvalue weighted by molar-refractivity contribution is 0.0526. The van der Waals surface area contributed by atoms with Crippen molar-refractivity contribution in [2.24, 2.45) is 7.05 Å². The lowest BCUT2D eigenvalue weighted by Gasteiger charge is -2.05. The number of ether oxygens (including phenoxy) is 1. The Hall–Kier alpha value is -1.81. The van der Waals surface area contributed by atoms with Crippen LogP contribution in [0.5, 0.6) is 0 Å². The highest BCUT2D eigenvalue weighted by molar-refractivity contribution is 6.33. The predicted octanol–water partition coefficient (Wildman–Crippen LogP) is 2.92. The summed E-state index contributed by atoms with van der Waals surface area (Å²) in [6.45, 7) is 2.08. The number of hydrogen-bond donors (Lipinski definition) is 0. The molecule has 0 fully saturated rings. The number of halogens is 1. The van der Waals surface area contributed by atoms with Crippen LogP contribution < -0.4 is 0 Å². The second kappa shape index (κ2) is 5.23. The van der Waals surface area contributed by atoms with E-state index in [1.54, 1.807) is 23.7 Å². The first-order valence-corrected chi connectivity index (χ1v) is 5.96. The number of carbonyl (C=O) groups is 1. The fourth-order valence-corrected chi connectivity index (χ4v) is 1.81. The smallest absolute Gasteiger partial charge is 0.339 e. The number of hydrogen-bond acceptors (Lipinski definition) is 3. The molecule has 0 aliphatic carbocycles. The van der Waals surface area contributed by atoms with Crippen molar-refractivity contribution in [1.82, 2.24) is 9.78 Å². The van der Waals surface area contributed by atoms with Crippen molar-refractivity contribution in [2.45, 2.75) is 6.92 Å². The summed E-state index contributed by atoms with van der Waals surface area (Å²) in [6, 6.07) is 7.08. The van der Waals surface area contributed by atoms with Gasteiger partial charge >= 0.3 is 5.97 Å². The van der Waals surface area contributed by atoms with E-state index in [0.29, 0.717) is 17.2 Å². The molecular weight excluding hydrogens is 252 g/mol. The zero-order chi connectivity index (χ0) is 13.1. The van der Waals surface area contributed by atoms with Gasteiger partial charge < -0.3 is 4.74 Å². The number of aryl methyl sites for hydroxylation is 1. The molecule has 0 spiro atoms. The van der Waals surface area contributed by atoms with Crippen molar-refractivity contribution in [3.05, 3.63) is 41.0 Å². The molecule has 0 amide bonds. The van der Waals surface area contributed by atoms with Gasteiger partial charge in [-0.3, -0.25) is 4.68 Å². The van der Waals surface area contributed by atoms with Gasteiger partial charge in [0.2, 0.25) is 0 Å². The standard InChI is InChI=1S/C13H13ClN2O2/c1-3-18-13(17)10-8-9(4-5-11(10)14)12-6-7-16(2)15-12/h4-8H,3H2,1-2H3. The Morgan fingerprint density at radius 3 is 2.83 bits per heavy atom. The molecule has 1 aromatic heterocycles. The minimum absolute atomic E-state index is 0.322. The van der Waals surface area contributed by atoms with Crippen molar-refractivity contribution in [3.8, 4) is 11.3 Å². The molecule has 0 saturated carbocycles. The van der Waals surface area contributed by atoms with Gasteiger partial charge in [-0.05, 0) is 25.1 Å². The van der Waals surface area contributed by atoms with Crippen molar-refractivity contribution in [2.75, 3.05) is 6.61 Å². The van der Waals surface area contributed by atoms with Gasteiger partial charge in [-0.2, -0.15) is 5.10 Å². The average Bonchev–Trinajstić information content (AvgIpc) is 2.77. The fourth-order valence-electron chi connectivity index (χ4n) is 1.62. The van der Waals surface area contributed by atoms with E-state index >= 15 is 0 Å². The average molecular weight is 265 g/mol. The van der Waals surface area contributed by atoms with Crippen molar-refractivity contribution in [1.29, 1.82) is 0 Å². The van der Waals surface area contributed by atoms with Crippen LogP contribution in [0, 0.1) is 0 Å². The van der Waals surface area contributed by atoms with Gasteiger partial charge in [-0.1, -0.05) is 17.7 Å². The van der Waals surface area contributed by atoms with Crippen LogP contribution in [0.4, 0.5) is 0 Å². The van der Waals surface area contributed by atoms with Crippen molar-refractivity contribution >= 4 is 17.6 Å². The third kappa shape index (κ3) is 2.54. The van der Waals surface area contributed by atoms with E-state index in [9.17, 15) is 4.79 Å². The van der Waals surface area contributed by atoms with Crippen LogP contribution >= 0.6 is 11.6 Å². The number of aromatic nitrogens is 2. The quantitative estimate of drug-likeness (QED) is 0.801. The monoisotopic (exact) mass is 264 g/mol. The summed E-state index contributed by atoms with van der Waals surface area (Å²) in [5.41, 5.74) is 1.99. The largest absolute Gasteiger partial charge is 0.462 e. The van der Waals surface area contributed by atoms with E-state index < -0.39 is 5.97 Å². The molecule has 1 heterocycles. The van der Waals surface area contributed by atoms with Gasteiger partial charge in [-0.15, -0.1) is 0 Å². The van der Waals surface area contributed by atoms with Gasteiger partial charge in [0.05, 0.1) is 22.9 Å². The molecule has 0 radical (unpaired) electrons. The Morgan fingerprint density at radius 1 is 1.44 bits per heavy atom. The summed E-state index contributed by atoms with van der Waals surface area (Å²) in [5, 5.41) is 4.66. The molecule has 2 aromatic rings. The zero-order valence-electron chi connectivity index (χ0n) is 10.2. The molecule has 0 atom stereocenters. The molecule has 0 aliphatic rings. The Bertz CT molecular complexity index is 578. The lowest BCUT2D eigenvalue weighted by Crippen LogP contribution is -2.05. The predicted molar refractivity (Wildman–Crippen MR) is 69.6 cm³/mol. The molecule has 5 heteroatoms. The maximum atomic E-state index is 11.7. The molecule has 94 valence electrons. The van der Waals surface area contributed by atoms with E-state index in [2.05, 4.69) is 5.10 Å². The first kappa shape index (κ1) is 12.6. The number of benzene rings is 1. The minimum Gasteiger partial charge on any atom is -0.462 e. The maximum absolute atomic E-state index is 11.7. The van der Waals surface area contributed by atoms with E-state index in [4.69, 9.17) is 16.3 Å². The topological polar surface area (TPSA) is 44.1 Å². The van der Waals surface area contributed by atoms with Crippen LogP contribution in [0.3, 0.4) is 0 Å². The summed E-state index contributed by atoms with van der Waals surface area (Å²) in [7, 11) is 1.84. The van der Waals surface area contributed by atoms with Crippen molar-refractivity contribution in [3.63, 3.8) is 0 Å². The first-order valence-electron chi connectivity index (χ1n) is 5.58. The third-order valence-corrected chi connectivity index (χ3v) is 2.80. The molecule has 0 N–H and O–H groups in total. The number of esters is 1. The normalized spacial score (nSPS) is 10.4. The maximum Gasteiger partial charge on any atom is 0.339 e. The summed E-state index contributed by atoms with van der Waals surface area (Å²) >= 11 is 5.99. The third-order valence-electron chi connectivity index (χ3n) is 2.47. The second-order valence-corrected chi connectivity index (χ2v) is 4.20. The Balaban J connectivity index is 2.40. The Kier molecular flexibility index (Phi) is 3.67. The van der Waals surface area contributed by atoms with Crippen LogP contribution in [0.25, 0.3) is 11.3 Å². The fraction of sp³-hybridized carbons (Fsp3) is 0.231. The molecule has 0 bridgehead atoms. The van der Waals surface area contributed by atoms with E-state index in [1.165, 1.54) is 0 Å². The summed E-state index contributed by atoms with van der Waals surface area (Å²) in [6.07, 6.45) is 1.84. The molecule has 2 rings (SSSR count). The van der Waals surface area contributed by atoms with Crippen molar-refractivity contribution < 1.29 is 9.53 Å². The second-order valence-electron chi connectivity index (χ2n) is 3.79. The highest BCUT2D eigenvalue weighted by atomic mass is 35.5. The van der Waals surface area contributed by atoms with E-state index in [-0.39, 0.29) is 0 Å². The zero-order valence-corrected chi connectivity index (χ0v) is 10.9. The highest BCUT2D eigenvalue weighted by Crippen LogP contribution is 2.24. The van der Waals surface area contributed by atoms with Gasteiger partial charge in [0.25, 0.3) is 0 Å².